The first-order chi connectivity index (χ1) is 16.8. The highest BCUT2D eigenvalue weighted by Gasteiger charge is 2.14. The first kappa shape index (κ1) is 19.2. The van der Waals surface area contributed by atoms with Crippen molar-refractivity contribution in [3.05, 3.63) is 131 Å². The van der Waals surface area contributed by atoms with Gasteiger partial charge >= 0.3 is 0 Å². The molecule has 0 bridgehead atoms. The molecule has 0 atom stereocenters. The molecule has 0 radical (unpaired) electrons. The van der Waals surface area contributed by atoms with Crippen LogP contribution in [0.25, 0.3) is 43.9 Å². The van der Waals surface area contributed by atoms with E-state index < -0.39 is 0 Å². The molecule has 7 rings (SSSR count). The fraction of sp³-hybridized carbons (Fsp3) is 0.0625. The van der Waals surface area contributed by atoms with E-state index in [4.69, 9.17) is 8.83 Å². The largest absolute Gasteiger partial charge is 0.456 e. The molecule has 0 aliphatic rings. The van der Waals surface area contributed by atoms with Crippen molar-refractivity contribution in [1.29, 1.82) is 0 Å². The van der Waals surface area contributed by atoms with Crippen LogP contribution in [0.2, 0.25) is 0 Å². The lowest BCUT2D eigenvalue weighted by atomic mass is 10.0. The summed E-state index contributed by atoms with van der Waals surface area (Å²) in [5.41, 5.74) is 8.78. The maximum absolute atomic E-state index is 6.27. The fourth-order valence-corrected chi connectivity index (χ4v) is 5.02. The Morgan fingerprint density at radius 3 is 1.21 bits per heavy atom. The maximum atomic E-state index is 6.27. The molecule has 0 N–H and O–H groups in total. The van der Waals surface area contributed by atoms with E-state index in [2.05, 4.69) is 109 Å². The van der Waals surface area contributed by atoms with Crippen molar-refractivity contribution in [2.75, 3.05) is 0 Å². The average Bonchev–Trinajstić information content (AvgIpc) is 3.41. The van der Waals surface area contributed by atoms with E-state index in [0.29, 0.717) is 0 Å². The van der Waals surface area contributed by atoms with E-state index in [0.717, 1.165) is 56.7 Å². The summed E-state index contributed by atoms with van der Waals surface area (Å²) in [6.07, 6.45) is 1.81. The SMILES string of the molecule is c1ccc(Cc2ccc3oc4cc5c(cc4c3c2)oc2ccc(Cc3ccccc3)cc25)cc1. The molecule has 162 valence electrons. The quantitative estimate of drug-likeness (QED) is 0.275. The summed E-state index contributed by atoms with van der Waals surface area (Å²) in [7, 11) is 0. The predicted octanol–water partition coefficient (Wildman–Crippen LogP) is 8.67. The second-order valence-electron chi connectivity index (χ2n) is 9.03. The molecule has 2 nitrogen and oxygen atoms in total. The van der Waals surface area contributed by atoms with Crippen LogP contribution in [0.3, 0.4) is 0 Å². The van der Waals surface area contributed by atoms with Gasteiger partial charge in [0.15, 0.2) is 0 Å². The molecule has 0 amide bonds. The highest BCUT2D eigenvalue weighted by molar-refractivity contribution is 6.14. The molecule has 0 spiro atoms. The first-order valence-corrected chi connectivity index (χ1v) is 11.7. The van der Waals surface area contributed by atoms with E-state index >= 15 is 0 Å². The molecule has 0 saturated heterocycles. The molecule has 0 saturated carbocycles. The van der Waals surface area contributed by atoms with Gasteiger partial charge in [0.1, 0.15) is 22.3 Å². The topological polar surface area (TPSA) is 26.3 Å². The van der Waals surface area contributed by atoms with Crippen molar-refractivity contribution < 1.29 is 8.83 Å². The first-order valence-electron chi connectivity index (χ1n) is 11.7. The summed E-state index contributed by atoms with van der Waals surface area (Å²) in [6.45, 7) is 0. The molecule has 2 heteroatoms. The Hall–Kier alpha value is -4.30. The van der Waals surface area contributed by atoms with Crippen molar-refractivity contribution >= 4 is 43.9 Å². The van der Waals surface area contributed by atoms with Gasteiger partial charge in [-0.15, -0.1) is 0 Å². The van der Waals surface area contributed by atoms with Gasteiger partial charge in [0.2, 0.25) is 0 Å². The van der Waals surface area contributed by atoms with Gasteiger partial charge < -0.3 is 8.83 Å². The van der Waals surface area contributed by atoms with Crippen molar-refractivity contribution in [1.82, 2.24) is 0 Å². The minimum Gasteiger partial charge on any atom is -0.456 e. The lowest BCUT2D eigenvalue weighted by Crippen LogP contribution is -1.87. The molecule has 7 aromatic rings. The van der Waals surface area contributed by atoms with Crippen LogP contribution in [-0.2, 0) is 12.8 Å². The summed E-state index contributed by atoms with van der Waals surface area (Å²) >= 11 is 0. The number of rotatable bonds is 4. The summed E-state index contributed by atoms with van der Waals surface area (Å²) in [4.78, 5) is 0. The maximum Gasteiger partial charge on any atom is 0.136 e. The standard InChI is InChI=1S/C32H22O2/c1-3-7-21(8-4-1)15-23-11-13-29-25(17-23)27-19-32-28(20-31(27)33-29)26-18-24(12-14-30(26)34-32)16-22-9-5-2-6-10-22/h1-14,17-20H,15-16H2. The summed E-state index contributed by atoms with van der Waals surface area (Å²) < 4.78 is 12.5. The van der Waals surface area contributed by atoms with E-state index in [1.807, 2.05) is 0 Å². The Labute approximate surface area is 197 Å². The number of benzene rings is 5. The van der Waals surface area contributed by atoms with E-state index in [1.54, 1.807) is 0 Å². The number of hydrogen-bond donors (Lipinski definition) is 0. The Morgan fingerprint density at radius 2 is 0.765 bits per heavy atom. The molecule has 2 heterocycles. The van der Waals surface area contributed by atoms with Crippen LogP contribution in [-0.4, -0.2) is 0 Å². The van der Waals surface area contributed by atoms with Crippen LogP contribution in [0.4, 0.5) is 0 Å². The number of furan rings is 2. The smallest absolute Gasteiger partial charge is 0.136 e. The summed E-state index contributed by atoms with van der Waals surface area (Å²) in [5.74, 6) is 0. The van der Waals surface area contributed by atoms with E-state index in [-0.39, 0.29) is 0 Å². The van der Waals surface area contributed by atoms with E-state index in [1.165, 1.54) is 22.3 Å². The van der Waals surface area contributed by atoms with Gasteiger partial charge in [0, 0.05) is 21.5 Å². The Balaban J connectivity index is 1.33. The van der Waals surface area contributed by atoms with Gasteiger partial charge in [-0.3, -0.25) is 0 Å². The van der Waals surface area contributed by atoms with Crippen molar-refractivity contribution in [3.8, 4) is 0 Å². The molecule has 0 aliphatic carbocycles. The van der Waals surface area contributed by atoms with Crippen molar-refractivity contribution in [2.24, 2.45) is 0 Å². The summed E-state index contributed by atoms with van der Waals surface area (Å²) in [5, 5.41) is 4.47. The third-order valence-electron chi connectivity index (χ3n) is 6.69. The summed E-state index contributed by atoms with van der Waals surface area (Å²) in [6, 6.07) is 38.4. The minimum absolute atomic E-state index is 0.899. The normalized spacial score (nSPS) is 11.8. The Bertz CT molecular complexity index is 1650. The lowest BCUT2D eigenvalue weighted by Gasteiger charge is -2.02. The van der Waals surface area contributed by atoms with Gasteiger partial charge in [0.05, 0.1) is 0 Å². The zero-order valence-corrected chi connectivity index (χ0v) is 18.6. The number of fused-ring (bicyclic) bond motifs is 6. The minimum atomic E-state index is 0.899. The molecule has 0 aliphatic heterocycles. The predicted molar refractivity (Wildman–Crippen MR) is 139 cm³/mol. The molecule has 2 aromatic heterocycles. The van der Waals surface area contributed by atoms with Crippen molar-refractivity contribution in [3.63, 3.8) is 0 Å². The highest BCUT2D eigenvalue weighted by atomic mass is 16.3. The zero-order chi connectivity index (χ0) is 22.5. The molecule has 5 aromatic carbocycles. The average molecular weight is 439 g/mol. The second-order valence-corrected chi connectivity index (χ2v) is 9.03. The Morgan fingerprint density at radius 1 is 0.353 bits per heavy atom. The fourth-order valence-electron chi connectivity index (χ4n) is 5.02. The van der Waals surface area contributed by atoms with E-state index in [9.17, 15) is 0 Å². The van der Waals surface area contributed by atoms with Crippen molar-refractivity contribution in [2.45, 2.75) is 12.8 Å². The third-order valence-corrected chi connectivity index (χ3v) is 6.69. The highest BCUT2D eigenvalue weighted by Crippen LogP contribution is 2.37. The van der Waals surface area contributed by atoms with Gasteiger partial charge in [-0.25, -0.2) is 0 Å². The van der Waals surface area contributed by atoms with Crippen LogP contribution in [0.15, 0.2) is 118 Å². The second kappa shape index (κ2) is 7.64. The van der Waals surface area contributed by atoms with Crippen LogP contribution in [0, 0.1) is 0 Å². The molecule has 0 unspecified atom stereocenters. The Kier molecular flexibility index (Phi) is 4.31. The molecule has 0 fully saturated rings. The van der Waals surface area contributed by atoms with Gasteiger partial charge in [-0.05, 0) is 71.5 Å². The monoisotopic (exact) mass is 438 g/mol. The number of hydrogen-bond acceptors (Lipinski definition) is 2. The van der Waals surface area contributed by atoms with Gasteiger partial charge in [0.25, 0.3) is 0 Å². The lowest BCUT2D eigenvalue weighted by molar-refractivity contribution is 0.664. The van der Waals surface area contributed by atoms with Gasteiger partial charge in [-0.2, -0.15) is 0 Å². The van der Waals surface area contributed by atoms with Crippen LogP contribution >= 0.6 is 0 Å². The van der Waals surface area contributed by atoms with Crippen LogP contribution in [0.5, 0.6) is 0 Å². The molecular weight excluding hydrogens is 416 g/mol. The van der Waals surface area contributed by atoms with Gasteiger partial charge in [-0.1, -0.05) is 72.8 Å². The molecular formula is C32H22O2. The van der Waals surface area contributed by atoms with Crippen LogP contribution < -0.4 is 0 Å². The zero-order valence-electron chi connectivity index (χ0n) is 18.6. The third kappa shape index (κ3) is 3.27. The van der Waals surface area contributed by atoms with Crippen LogP contribution in [0.1, 0.15) is 22.3 Å². The molecule has 34 heavy (non-hydrogen) atoms.